The minimum absolute atomic E-state index is 0.0292. The Morgan fingerprint density at radius 1 is 1.21 bits per heavy atom. The zero-order chi connectivity index (χ0) is 19.8. The number of piperidine rings is 1. The maximum atomic E-state index is 12.9. The molecule has 0 bridgehead atoms. The average Bonchev–Trinajstić information content (AvgIpc) is 2.72. The number of anilines is 1. The molecule has 154 valence electrons. The number of aromatic nitrogens is 1. The van der Waals surface area contributed by atoms with Gasteiger partial charge in [0.05, 0.1) is 36.6 Å². The van der Waals surface area contributed by atoms with E-state index in [-0.39, 0.29) is 12.5 Å². The first-order valence-electron chi connectivity index (χ1n) is 10.0. The Kier molecular flexibility index (Phi) is 5.30. The molecule has 1 amide bonds. The molecule has 8 heteroatoms. The normalized spacial score (nSPS) is 30.5. The molecular formula is C20H29N3O5. The fourth-order valence-electron chi connectivity index (χ4n) is 4.37. The first kappa shape index (κ1) is 19.6. The Hall–Kier alpha value is -1.74. The number of carbonyl (C=O) groups is 1. The maximum absolute atomic E-state index is 12.9. The molecule has 0 aromatic carbocycles. The highest BCUT2D eigenvalue weighted by Crippen LogP contribution is 2.39. The Morgan fingerprint density at radius 2 is 1.93 bits per heavy atom. The molecule has 2 N–H and O–H groups in total. The summed E-state index contributed by atoms with van der Waals surface area (Å²) in [7, 11) is 0. The predicted molar refractivity (Wildman–Crippen MR) is 102 cm³/mol. The monoisotopic (exact) mass is 391 g/mol. The van der Waals surface area contributed by atoms with E-state index < -0.39 is 17.3 Å². The Bertz CT molecular complexity index is 694. The Balaban J connectivity index is 1.36. The van der Waals surface area contributed by atoms with Crippen LogP contribution in [0.2, 0.25) is 0 Å². The number of hydrogen-bond donors (Lipinski definition) is 2. The van der Waals surface area contributed by atoms with Gasteiger partial charge in [-0.15, -0.1) is 0 Å². The van der Waals surface area contributed by atoms with Crippen molar-refractivity contribution < 1.29 is 24.5 Å². The SMILES string of the molecule is C[C@]1(O)CC2(CCN(C(=O)c3ccc(N4CCOCC4)nc3)CC2)OC[C@@H]1O. The highest BCUT2D eigenvalue weighted by Gasteiger charge is 2.49. The lowest BCUT2D eigenvalue weighted by Gasteiger charge is -2.49. The van der Waals surface area contributed by atoms with Crippen LogP contribution in [0.5, 0.6) is 0 Å². The molecule has 3 aliphatic heterocycles. The van der Waals surface area contributed by atoms with Crippen molar-refractivity contribution in [2.75, 3.05) is 50.9 Å². The van der Waals surface area contributed by atoms with Gasteiger partial charge in [0, 0.05) is 38.8 Å². The zero-order valence-corrected chi connectivity index (χ0v) is 16.3. The smallest absolute Gasteiger partial charge is 0.255 e. The second-order valence-electron chi connectivity index (χ2n) is 8.34. The summed E-state index contributed by atoms with van der Waals surface area (Å²) in [6.07, 6.45) is 2.48. The molecule has 3 aliphatic rings. The molecule has 8 nitrogen and oxygen atoms in total. The van der Waals surface area contributed by atoms with E-state index in [9.17, 15) is 15.0 Å². The largest absolute Gasteiger partial charge is 0.388 e. The Morgan fingerprint density at radius 3 is 2.54 bits per heavy atom. The zero-order valence-electron chi connectivity index (χ0n) is 16.3. The van der Waals surface area contributed by atoms with Crippen molar-refractivity contribution in [3.63, 3.8) is 0 Å². The van der Waals surface area contributed by atoms with Crippen LogP contribution in [0, 0.1) is 0 Å². The van der Waals surface area contributed by atoms with E-state index >= 15 is 0 Å². The lowest BCUT2D eigenvalue weighted by atomic mass is 9.76. The molecule has 1 aromatic heterocycles. The molecule has 3 saturated heterocycles. The fourth-order valence-corrected chi connectivity index (χ4v) is 4.37. The molecule has 0 radical (unpaired) electrons. The first-order valence-corrected chi connectivity index (χ1v) is 10.0. The fraction of sp³-hybridized carbons (Fsp3) is 0.700. The number of aliphatic hydroxyl groups excluding tert-OH is 1. The summed E-state index contributed by atoms with van der Waals surface area (Å²) in [5.74, 6) is 0.840. The summed E-state index contributed by atoms with van der Waals surface area (Å²) in [4.78, 5) is 21.3. The van der Waals surface area contributed by atoms with Crippen LogP contribution in [-0.4, -0.2) is 89.3 Å². The summed E-state index contributed by atoms with van der Waals surface area (Å²) in [6.45, 7) is 5.94. The second-order valence-corrected chi connectivity index (χ2v) is 8.34. The summed E-state index contributed by atoms with van der Waals surface area (Å²) < 4.78 is 11.3. The topological polar surface area (TPSA) is 95.4 Å². The van der Waals surface area contributed by atoms with Gasteiger partial charge >= 0.3 is 0 Å². The van der Waals surface area contributed by atoms with Crippen LogP contribution in [0.15, 0.2) is 18.3 Å². The molecular weight excluding hydrogens is 362 g/mol. The van der Waals surface area contributed by atoms with Gasteiger partial charge in [-0.25, -0.2) is 4.98 Å². The van der Waals surface area contributed by atoms with E-state index in [1.807, 2.05) is 17.0 Å². The number of morpholine rings is 1. The van der Waals surface area contributed by atoms with Crippen molar-refractivity contribution in [3.05, 3.63) is 23.9 Å². The highest BCUT2D eigenvalue weighted by atomic mass is 16.5. The van der Waals surface area contributed by atoms with Crippen molar-refractivity contribution in [1.82, 2.24) is 9.88 Å². The van der Waals surface area contributed by atoms with Gasteiger partial charge in [-0.2, -0.15) is 0 Å². The molecule has 1 spiro atoms. The third-order valence-corrected chi connectivity index (χ3v) is 6.24. The molecule has 28 heavy (non-hydrogen) atoms. The van der Waals surface area contributed by atoms with Gasteiger partial charge in [0.2, 0.25) is 0 Å². The lowest BCUT2D eigenvalue weighted by molar-refractivity contribution is -0.221. The van der Waals surface area contributed by atoms with Crippen LogP contribution in [0.1, 0.15) is 36.5 Å². The second kappa shape index (κ2) is 7.59. The lowest BCUT2D eigenvalue weighted by Crippen LogP contribution is -2.59. The highest BCUT2D eigenvalue weighted by molar-refractivity contribution is 5.94. The quantitative estimate of drug-likeness (QED) is 0.755. The van der Waals surface area contributed by atoms with Crippen molar-refractivity contribution in [3.8, 4) is 0 Å². The van der Waals surface area contributed by atoms with E-state index in [1.54, 1.807) is 13.1 Å². The Labute approximate surface area is 165 Å². The van der Waals surface area contributed by atoms with Gasteiger partial charge in [0.15, 0.2) is 0 Å². The van der Waals surface area contributed by atoms with Crippen molar-refractivity contribution in [2.45, 2.75) is 43.5 Å². The summed E-state index contributed by atoms with van der Waals surface area (Å²) in [5.41, 5.74) is -1.03. The molecule has 3 fully saturated rings. The molecule has 2 atom stereocenters. The van der Waals surface area contributed by atoms with E-state index in [1.165, 1.54) is 0 Å². The number of pyridine rings is 1. The van der Waals surface area contributed by atoms with Crippen LogP contribution in [0.3, 0.4) is 0 Å². The van der Waals surface area contributed by atoms with E-state index in [2.05, 4.69) is 9.88 Å². The molecule has 4 rings (SSSR count). The number of rotatable bonds is 2. The molecule has 0 aliphatic carbocycles. The molecule has 4 heterocycles. The number of ether oxygens (including phenoxy) is 2. The summed E-state index contributed by atoms with van der Waals surface area (Å²) in [5, 5.41) is 20.3. The van der Waals surface area contributed by atoms with Crippen molar-refractivity contribution in [2.24, 2.45) is 0 Å². The molecule has 1 aromatic rings. The van der Waals surface area contributed by atoms with Gasteiger partial charge in [-0.3, -0.25) is 4.79 Å². The third-order valence-electron chi connectivity index (χ3n) is 6.24. The van der Waals surface area contributed by atoms with E-state index in [0.717, 1.165) is 18.9 Å². The minimum Gasteiger partial charge on any atom is -0.388 e. The van der Waals surface area contributed by atoms with Crippen LogP contribution < -0.4 is 4.90 Å². The van der Waals surface area contributed by atoms with Crippen molar-refractivity contribution >= 4 is 11.7 Å². The van der Waals surface area contributed by atoms with Crippen LogP contribution >= 0.6 is 0 Å². The number of carbonyl (C=O) groups excluding carboxylic acids is 1. The number of hydrogen-bond acceptors (Lipinski definition) is 7. The van der Waals surface area contributed by atoms with Crippen LogP contribution in [0.25, 0.3) is 0 Å². The maximum Gasteiger partial charge on any atom is 0.255 e. The predicted octanol–water partition coefficient (Wildman–Crippen LogP) is 0.425. The van der Waals surface area contributed by atoms with E-state index in [4.69, 9.17) is 9.47 Å². The van der Waals surface area contributed by atoms with Gasteiger partial charge in [0.1, 0.15) is 11.9 Å². The number of likely N-dealkylation sites (tertiary alicyclic amines) is 1. The van der Waals surface area contributed by atoms with Crippen molar-refractivity contribution in [1.29, 1.82) is 0 Å². The van der Waals surface area contributed by atoms with Gasteiger partial charge < -0.3 is 29.5 Å². The molecule has 0 saturated carbocycles. The number of nitrogens with zero attached hydrogens (tertiary/aromatic N) is 3. The minimum atomic E-state index is -1.15. The number of aliphatic hydroxyl groups is 2. The summed E-state index contributed by atoms with van der Waals surface area (Å²) >= 11 is 0. The van der Waals surface area contributed by atoms with Crippen LogP contribution in [0.4, 0.5) is 5.82 Å². The van der Waals surface area contributed by atoms with Gasteiger partial charge in [-0.1, -0.05) is 0 Å². The number of amides is 1. The first-order chi connectivity index (χ1) is 13.4. The van der Waals surface area contributed by atoms with Crippen LogP contribution in [-0.2, 0) is 9.47 Å². The third kappa shape index (κ3) is 3.87. The standard InChI is InChI=1S/C20H29N3O5/c1-19(26)14-20(28-13-16(19)24)4-6-23(7-5-20)18(25)15-2-3-17(21-12-15)22-8-10-27-11-9-22/h2-3,12,16,24,26H,4-11,13-14H2,1H3/t16-,19-/m0/s1. The molecule has 0 unspecified atom stereocenters. The average molecular weight is 391 g/mol. The van der Waals surface area contributed by atoms with Gasteiger partial charge in [0.25, 0.3) is 5.91 Å². The van der Waals surface area contributed by atoms with Gasteiger partial charge in [-0.05, 0) is 31.9 Å². The summed E-state index contributed by atoms with van der Waals surface area (Å²) in [6, 6.07) is 3.73. The van der Waals surface area contributed by atoms with E-state index in [0.29, 0.717) is 51.1 Å².